The van der Waals surface area contributed by atoms with Gasteiger partial charge >= 0.3 is 0 Å². The summed E-state index contributed by atoms with van der Waals surface area (Å²) in [4.78, 5) is 11.4. The van der Waals surface area contributed by atoms with Gasteiger partial charge in [-0.05, 0) is 25.8 Å². The molecule has 4 heteroatoms. The fourth-order valence-corrected chi connectivity index (χ4v) is 1.47. The zero-order chi connectivity index (χ0) is 10.2. The van der Waals surface area contributed by atoms with Crippen molar-refractivity contribution in [3.05, 3.63) is 0 Å². The Morgan fingerprint density at radius 3 is 2.93 bits per heavy atom. The highest BCUT2D eigenvalue weighted by atomic mass is 16.5. The predicted octanol–water partition coefficient (Wildman–Crippen LogP) is 0.281. The second-order valence-electron chi connectivity index (χ2n) is 3.54. The number of ether oxygens (including phenoxy) is 1. The third kappa shape index (κ3) is 4.07. The molecule has 0 aliphatic carbocycles. The van der Waals surface area contributed by atoms with Crippen LogP contribution in [0.3, 0.4) is 0 Å². The van der Waals surface area contributed by atoms with Crippen LogP contribution in [0.15, 0.2) is 0 Å². The van der Waals surface area contributed by atoms with Gasteiger partial charge in [-0.25, -0.2) is 0 Å². The Bertz CT molecular complexity index is 168. The van der Waals surface area contributed by atoms with Crippen molar-refractivity contribution in [3.8, 4) is 0 Å². The molecule has 4 nitrogen and oxygen atoms in total. The first-order chi connectivity index (χ1) is 6.84. The molecule has 0 bridgehead atoms. The average molecular weight is 200 g/mol. The van der Waals surface area contributed by atoms with E-state index in [4.69, 9.17) is 4.74 Å². The van der Waals surface area contributed by atoms with Crippen LogP contribution in [0.25, 0.3) is 0 Å². The van der Waals surface area contributed by atoms with E-state index in [9.17, 15) is 4.79 Å². The van der Waals surface area contributed by atoms with Crippen molar-refractivity contribution in [2.45, 2.75) is 32.3 Å². The molecule has 1 saturated heterocycles. The number of hydrogen-bond donors (Lipinski definition) is 2. The summed E-state index contributed by atoms with van der Waals surface area (Å²) in [6.45, 7) is 5.39. The van der Waals surface area contributed by atoms with Gasteiger partial charge in [0.2, 0.25) is 5.91 Å². The van der Waals surface area contributed by atoms with Gasteiger partial charge in [-0.3, -0.25) is 4.79 Å². The van der Waals surface area contributed by atoms with Gasteiger partial charge in [-0.2, -0.15) is 0 Å². The van der Waals surface area contributed by atoms with Crippen molar-refractivity contribution in [1.29, 1.82) is 0 Å². The molecule has 0 aromatic heterocycles. The summed E-state index contributed by atoms with van der Waals surface area (Å²) in [6.07, 6.45) is 2.81. The van der Waals surface area contributed by atoms with E-state index in [1.165, 1.54) is 0 Å². The van der Waals surface area contributed by atoms with Gasteiger partial charge < -0.3 is 15.4 Å². The van der Waals surface area contributed by atoms with Gasteiger partial charge in [0, 0.05) is 19.7 Å². The van der Waals surface area contributed by atoms with Crippen LogP contribution in [0, 0.1) is 0 Å². The van der Waals surface area contributed by atoms with Crippen LogP contribution in [-0.2, 0) is 9.53 Å². The highest BCUT2D eigenvalue weighted by molar-refractivity contribution is 5.80. The van der Waals surface area contributed by atoms with Crippen LogP contribution < -0.4 is 10.6 Å². The van der Waals surface area contributed by atoms with Gasteiger partial charge in [0.05, 0.1) is 0 Å². The molecule has 1 amide bonds. The van der Waals surface area contributed by atoms with E-state index in [-0.39, 0.29) is 12.0 Å². The fourth-order valence-electron chi connectivity index (χ4n) is 1.47. The van der Waals surface area contributed by atoms with E-state index in [1.807, 2.05) is 0 Å². The van der Waals surface area contributed by atoms with E-state index >= 15 is 0 Å². The van der Waals surface area contributed by atoms with E-state index in [0.29, 0.717) is 6.54 Å². The molecule has 14 heavy (non-hydrogen) atoms. The normalized spacial score (nSPS) is 21.1. The Labute approximate surface area is 85.4 Å². The molecule has 2 N–H and O–H groups in total. The minimum atomic E-state index is -0.193. The quantitative estimate of drug-likeness (QED) is 0.606. The third-order valence-electron chi connectivity index (χ3n) is 2.25. The Morgan fingerprint density at radius 1 is 1.43 bits per heavy atom. The van der Waals surface area contributed by atoms with Gasteiger partial charge in [-0.1, -0.05) is 6.92 Å². The molecule has 1 aliphatic heterocycles. The molecule has 1 atom stereocenters. The van der Waals surface area contributed by atoms with Crippen molar-refractivity contribution < 1.29 is 9.53 Å². The monoisotopic (exact) mass is 200 g/mol. The molecule has 82 valence electrons. The standard InChI is InChI=1S/C10H20N2O2/c1-2-5-11-6-7-12-10(13)9-4-3-8-14-9/h9,11H,2-8H2,1H3,(H,12,13)/t9-/m1/s1. The summed E-state index contributed by atoms with van der Waals surface area (Å²) in [5, 5.41) is 6.08. The summed E-state index contributed by atoms with van der Waals surface area (Å²) in [5.74, 6) is 0.0424. The maximum absolute atomic E-state index is 11.4. The molecule has 1 aliphatic rings. The number of carbonyl (C=O) groups is 1. The number of hydrogen-bond acceptors (Lipinski definition) is 3. The van der Waals surface area contributed by atoms with E-state index < -0.39 is 0 Å². The van der Waals surface area contributed by atoms with Gasteiger partial charge in [0.15, 0.2) is 0 Å². The molecule has 1 fully saturated rings. The first-order valence-corrected chi connectivity index (χ1v) is 5.44. The van der Waals surface area contributed by atoms with E-state index in [0.717, 1.165) is 39.0 Å². The minimum Gasteiger partial charge on any atom is -0.368 e. The summed E-state index contributed by atoms with van der Waals surface area (Å²) in [6, 6.07) is 0. The molecule has 0 aromatic carbocycles. The van der Waals surface area contributed by atoms with Crippen LogP contribution in [0.1, 0.15) is 26.2 Å². The highest BCUT2D eigenvalue weighted by Gasteiger charge is 2.22. The lowest BCUT2D eigenvalue weighted by atomic mass is 10.2. The highest BCUT2D eigenvalue weighted by Crippen LogP contribution is 2.11. The summed E-state index contributed by atoms with van der Waals surface area (Å²) >= 11 is 0. The summed E-state index contributed by atoms with van der Waals surface area (Å²) in [5.41, 5.74) is 0. The van der Waals surface area contributed by atoms with Crippen LogP contribution in [-0.4, -0.2) is 38.3 Å². The SMILES string of the molecule is CCCNCCNC(=O)[C@H]1CCCO1. The lowest BCUT2D eigenvalue weighted by molar-refractivity contribution is -0.129. The molecule has 1 heterocycles. The van der Waals surface area contributed by atoms with Crippen molar-refractivity contribution in [2.75, 3.05) is 26.2 Å². The Morgan fingerprint density at radius 2 is 2.29 bits per heavy atom. The van der Waals surface area contributed by atoms with Crippen molar-refractivity contribution in [2.24, 2.45) is 0 Å². The second kappa shape index (κ2) is 6.79. The maximum atomic E-state index is 11.4. The summed E-state index contributed by atoms with van der Waals surface area (Å²) in [7, 11) is 0. The maximum Gasteiger partial charge on any atom is 0.249 e. The van der Waals surface area contributed by atoms with Crippen LogP contribution >= 0.6 is 0 Å². The van der Waals surface area contributed by atoms with E-state index in [1.54, 1.807) is 0 Å². The minimum absolute atomic E-state index is 0.0424. The lowest BCUT2D eigenvalue weighted by Gasteiger charge is -2.10. The summed E-state index contributed by atoms with van der Waals surface area (Å²) < 4.78 is 5.26. The molecule has 0 spiro atoms. The average Bonchev–Trinajstić information content (AvgIpc) is 2.70. The van der Waals surface area contributed by atoms with Crippen molar-refractivity contribution in [3.63, 3.8) is 0 Å². The van der Waals surface area contributed by atoms with Gasteiger partial charge in [-0.15, -0.1) is 0 Å². The number of amides is 1. The smallest absolute Gasteiger partial charge is 0.249 e. The van der Waals surface area contributed by atoms with Crippen LogP contribution in [0.4, 0.5) is 0 Å². The zero-order valence-corrected chi connectivity index (χ0v) is 8.84. The number of rotatable bonds is 6. The Kier molecular flexibility index (Phi) is 5.56. The van der Waals surface area contributed by atoms with Gasteiger partial charge in [0.1, 0.15) is 6.10 Å². The molecule has 0 radical (unpaired) electrons. The fraction of sp³-hybridized carbons (Fsp3) is 0.900. The largest absolute Gasteiger partial charge is 0.368 e. The molecular formula is C10H20N2O2. The van der Waals surface area contributed by atoms with Gasteiger partial charge in [0.25, 0.3) is 0 Å². The molecule has 1 rings (SSSR count). The van der Waals surface area contributed by atoms with E-state index in [2.05, 4.69) is 17.6 Å². The number of carbonyl (C=O) groups excluding carboxylic acids is 1. The van der Waals surface area contributed by atoms with Crippen molar-refractivity contribution in [1.82, 2.24) is 10.6 Å². The third-order valence-corrected chi connectivity index (χ3v) is 2.25. The predicted molar refractivity (Wildman–Crippen MR) is 55.1 cm³/mol. The molecule has 0 aromatic rings. The Hall–Kier alpha value is -0.610. The molecule has 0 unspecified atom stereocenters. The Balaban J connectivity index is 1.97. The molecular weight excluding hydrogens is 180 g/mol. The zero-order valence-electron chi connectivity index (χ0n) is 8.84. The second-order valence-corrected chi connectivity index (χ2v) is 3.54. The van der Waals surface area contributed by atoms with Crippen LogP contribution in [0.5, 0.6) is 0 Å². The molecule has 0 saturated carbocycles. The first kappa shape index (κ1) is 11.5. The lowest BCUT2D eigenvalue weighted by Crippen LogP contribution is -2.38. The first-order valence-electron chi connectivity index (χ1n) is 5.44. The topological polar surface area (TPSA) is 50.4 Å². The number of nitrogens with one attached hydrogen (secondary N) is 2. The van der Waals surface area contributed by atoms with Crippen molar-refractivity contribution >= 4 is 5.91 Å². The van der Waals surface area contributed by atoms with Crippen LogP contribution in [0.2, 0.25) is 0 Å².